The molecule has 8 heteroatoms. The first-order chi connectivity index (χ1) is 11.4. The third-order valence-corrected chi connectivity index (χ3v) is 5.87. The lowest BCUT2D eigenvalue weighted by Crippen LogP contribution is -2.38. The number of anilines is 1. The van der Waals surface area contributed by atoms with Gasteiger partial charge >= 0.3 is 0 Å². The van der Waals surface area contributed by atoms with Crippen LogP contribution in [0.25, 0.3) is 0 Å². The highest BCUT2D eigenvalue weighted by Crippen LogP contribution is 2.11. The van der Waals surface area contributed by atoms with Crippen LogP contribution in [0.5, 0.6) is 0 Å². The Morgan fingerprint density at radius 2 is 2.00 bits per heavy atom. The zero-order valence-electron chi connectivity index (χ0n) is 13.7. The second-order valence-corrected chi connectivity index (χ2v) is 8.49. The Morgan fingerprint density at radius 1 is 1.29 bits per heavy atom. The maximum absolute atomic E-state index is 11.8. The molecular weight excluding hydrogens is 346 g/mol. The van der Waals surface area contributed by atoms with Crippen LogP contribution in [-0.4, -0.2) is 43.5 Å². The molecule has 0 saturated carbocycles. The van der Waals surface area contributed by atoms with Crippen molar-refractivity contribution in [3.05, 3.63) is 29.8 Å². The maximum Gasteiger partial charge on any atom is 0.222 e. The van der Waals surface area contributed by atoms with Crippen LogP contribution in [0.15, 0.2) is 24.3 Å². The Morgan fingerprint density at radius 3 is 2.58 bits per heavy atom. The van der Waals surface area contributed by atoms with Crippen LogP contribution in [0.4, 0.5) is 5.69 Å². The van der Waals surface area contributed by atoms with Gasteiger partial charge in [-0.2, -0.15) is 0 Å². The van der Waals surface area contributed by atoms with Gasteiger partial charge in [-0.1, -0.05) is 19.1 Å². The van der Waals surface area contributed by atoms with E-state index in [2.05, 4.69) is 22.9 Å². The summed E-state index contributed by atoms with van der Waals surface area (Å²) in [5, 5.41) is 9.24. The van der Waals surface area contributed by atoms with Crippen molar-refractivity contribution in [1.82, 2.24) is 10.6 Å². The summed E-state index contributed by atoms with van der Waals surface area (Å²) in [4.78, 5) is 11.8. The number of aryl methyl sites for hydroxylation is 1. The first-order valence-electron chi connectivity index (χ1n) is 8.01. The lowest BCUT2D eigenvalue weighted by molar-refractivity contribution is -0.121. The molecule has 1 aliphatic heterocycles. The molecule has 132 valence electrons. The Bertz CT molecular complexity index is 687. The molecule has 1 atom stereocenters. The fourth-order valence-corrected chi connectivity index (χ4v) is 4.39. The number of hydrogen-bond donors (Lipinski definition) is 3. The first-order valence-corrected chi connectivity index (χ1v) is 10.2. The van der Waals surface area contributed by atoms with E-state index in [9.17, 15) is 13.2 Å². The van der Waals surface area contributed by atoms with E-state index < -0.39 is 9.84 Å². The van der Waals surface area contributed by atoms with E-state index in [4.69, 9.17) is 12.2 Å². The molecule has 2 rings (SSSR count). The van der Waals surface area contributed by atoms with Crippen LogP contribution in [0, 0.1) is 0 Å². The average molecular weight is 370 g/mol. The normalized spacial score (nSPS) is 18.8. The molecular formula is C16H23N3O3S2. The third kappa shape index (κ3) is 6.09. The third-order valence-electron chi connectivity index (χ3n) is 3.86. The molecule has 1 amide bonds. The van der Waals surface area contributed by atoms with Crippen molar-refractivity contribution in [2.45, 2.75) is 32.2 Å². The number of amides is 1. The number of thiocarbonyl (C=S) groups is 1. The van der Waals surface area contributed by atoms with Crippen molar-refractivity contribution in [2.24, 2.45) is 0 Å². The topological polar surface area (TPSA) is 87.3 Å². The molecule has 1 heterocycles. The average Bonchev–Trinajstić information content (AvgIpc) is 2.86. The number of rotatable bonds is 6. The summed E-state index contributed by atoms with van der Waals surface area (Å²) in [6.45, 7) is 2.49. The van der Waals surface area contributed by atoms with Crippen molar-refractivity contribution in [2.75, 3.05) is 23.4 Å². The largest absolute Gasteiger partial charge is 0.362 e. The standard InChI is InChI=1S/C16H23N3O3S2/c1-2-12-3-5-13(6-4-12)19-16(23)17-9-7-15(20)18-14-8-10-24(21,22)11-14/h3-6,14H,2,7-11H2,1H3,(H,18,20)(H2,17,19,23)/t14-/m1/s1. The van der Waals surface area contributed by atoms with Gasteiger partial charge in [-0.25, -0.2) is 8.42 Å². The van der Waals surface area contributed by atoms with Gasteiger partial charge in [0.25, 0.3) is 0 Å². The monoisotopic (exact) mass is 369 g/mol. The highest BCUT2D eigenvalue weighted by Gasteiger charge is 2.28. The van der Waals surface area contributed by atoms with E-state index in [1.165, 1.54) is 5.56 Å². The minimum Gasteiger partial charge on any atom is -0.362 e. The fraction of sp³-hybridized carbons (Fsp3) is 0.500. The number of hydrogen-bond acceptors (Lipinski definition) is 4. The van der Waals surface area contributed by atoms with Gasteiger partial charge in [-0.15, -0.1) is 0 Å². The van der Waals surface area contributed by atoms with E-state index >= 15 is 0 Å². The smallest absolute Gasteiger partial charge is 0.222 e. The molecule has 3 N–H and O–H groups in total. The molecule has 1 aromatic carbocycles. The molecule has 0 aliphatic carbocycles. The summed E-state index contributed by atoms with van der Waals surface area (Å²) >= 11 is 5.19. The Balaban J connectivity index is 1.65. The number of benzene rings is 1. The van der Waals surface area contributed by atoms with Crippen molar-refractivity contribution in [3.63, 3.8) is 0 Å². The quantitative estimate of drug-likeness (QED) is 0.654. The number of sulfone groups is 1. The van der Waals surface area contributed by atoms with E-state index in [0.29, 0.717) is 18.1 Å². The molecule has 1 fully saturated rings. The summed E-state index contributed by atoms with van der Waals surface area (Å²) in [5.41, 5.74) is 2.15. The van der Waals surface area contributed by atoms with Gasteiger partial charge < -0.3 is 16.0 Å². The molecule has 0 unspecified atom stereocenters. The zero-order valence-corrected chi connectivity index (χ0v) is 15.3. The SMILES string of the molecule is CCc1ccc(NC(=S)NCCC(=O)N[C@@H]2CCS(=O)(=O)C2)cc1. The molecule has 1 saturated heterocycles. The van der Waals surface area contributed by atoms with Gasteiger partial charge in [0.1, 0.15) is 0 Å². The summed E-state index contributed by atoms with van der Waals surface area (Å²) in [5.74, 6) is 0.0284. The molecule has 0 aromatic heterocycles. The molecule has 0 spiro atoms. The van der Waals surface area contributed by atoms with Gasteiger partial charge in [0.05, 0.1) is 11.5 Å². The Hall–Kier alpha value is -1.67. The molecule has 6 nitrogen and oxygen atoms in total. The van der Waals surface area contributed by atoms with E-state index in [1.54, 1.807) is 0 Å². The summed E-state index contributed by atoms with van der Waals surface area (Å²) in [7, 11) is -2.98. The van der Waals surface area contributed by atoms with Crippen LogP contribution >= 0.6 is 12.2 Å². The second-order valence-electron chi connectivity index (χ2n) is 5.85. The predicted molar refractivity (Wildman–Crippen MR) is 99.9 cm³/mol. The van der Waals surface area contributed by atoms with Gasteiger partial charge in [0, 0.05) is 24.7 Å². The van der Waals surface area contributed by atoms with Crippen LogP contribution in [0.2, 0.25) is 0 Å². The van der Waals surface area contributed by atoms with Crippen LogP contribution < -0.4 is 16.0 Å². The lowest BCUT2D eigenvalue weighted by atomic mass is 10.1. The van der Waals surface area contributed by atoms with Crippen LogP contribution in [0.1, 0.15) is 25.3 Å². The Labute approximate surface area is 148 Å². The van der Waals surface area contributed by atoms with Gasteiger partial charge in [0.2, 0.25) is 5.91 Å². The number of carbonyl (C=O) groups excluding carboxylic acids is 1. The minimum atomic E-state index is -2.98. The molecule has 0 radical (unpaired) electrons. The van der Waals surface area contributed by atoms with Crippen molar-refractivity contribution >= 4 is 38.8 Å². The van der Waals surface area contributed by atoms with Gasteiger partial charge in [0.15, 0.2) is 14.9 Å². The predicted octanol–water partition coefficient (Wildman–Crippen LogP) is 1.23. The first kappa shape index (κ1) is 18.7. The molecule has 1 aliphatic rings. The fourth-order valence-electron chi connectivity index (χ4n) is 2.50. The highest BCUT2D eigenvalue weighted by molar-refractivity contribution is 7.91. The highest BCUT2D eigenvalue weighted by atomic mass is 32.2. The summed E-state index contributed by atoms with van der Waals surface area (Å²) in [6, 6.07) is 7.73. The molecule has 24 heavy (non-hydrogen) atoms. The van der Waals surface area contributed by atoms with E-state index in [0.717, 1.165) is 12.1 Å². The summed E-state index contributed by atoms with van der Waals surface area (Å²) < 4.78 is 22.7. The van der Waals surface area contributed by atoms with Crippen molar-refractivity contribution < 1.29 is 13.2 Å². The van der Waals surface area contributed by atoms with Gasteiger partial charge in [-0.05, 0) is 42.8 Å². The van der Waals surface area contributed by atoms with Crippen LogP contribution in [0.3, 0.4) is 0 Å². The minimum absolute atomic E-state index is 0.0416. The van der Waals surface area contributed by atoms with E-state index in [-0.39, 0.29) is 29.9 Å². The number of carbonyl (C=O) groups is 1. The van der Waals surface area contributed by atoms with Crippen LogP contribution in [-0.2, 0) is 21.1 Å². The van der Waals surface area contributed by atoms with Crippen molar-refractivity contribution in [1.29, 1.82) is 0 Å². The van der Waals surface area contributed by atoms with Gasteiger partial charge in [-0.3, -0.25) is 4.79 Å². The molecule has 0 bridgehead atoms. The summed E-state index contributed by atoms with van der Waals surface area (Å²) in [6.07, 6.45) is 1.72. The second kappa shape index (κ2) is 8.43. The Kier molecular flexibility index (Phi) is 6.56. The van der Waals surface area contributed by atoms with Crippen molar-refractivity contribution in [3.8, 4) is 0 Å². The van der Waals surface area contributed by atoms with E-state index in [1.807, 2.05) is 24.3 Å². The number of nitrogens with one attached hydrogen (secondary N) is 3. The lowest BCUT2D eigenvalue weighted by Gasteiger charge is -2.13. The zero-order chi connectivity index (χ0) is 17.6. The molecule has 1 aromatic rings. The maximum atomic E-state index is 11.8.